The number of benzene rings is 2. The van der Waals surface area contributed by atoms with E-state index in [0.29, 0.717) is 11.8 Å². The van der Waals surface area contributed by atoms with Gasteiger partial charge in [0.25, 0.3) is 5.82 Å². The van der Waals surface area contributed by atoms with Crippen LogP contribution < -0.4 is 14.8 Å². The van der Waals surface area contributed by atoms with E-state index < -0.39 is 0 Å². The van der Waals surface area contributed by atoms with Crippen LogP contribution in [0.4, 0.5) is 5.69 Å². The normalized spacial score (nSPS) is 16.4. The van der Waals surface area contributed by atoms with Crippen LogP contribution >= 0.6 is 0 Å². The predicted molar refractivity (Wildman–Crippen MR) is 131 cm³/mol. The lowest BCUT2D eigenvalue weighted by atomic mass is 9.55. The van der Waals surface area contributed by atoms with Crippen molar-refractivity contribution in [1.29, 1.82) is 0 Å². The minimum absolute atomic E-state index is 0.238. The molecular weight excluding hydrogens is 377 g/mol. The Balaban J connectivity index is 1.83. The second-order valence-electron chi connectivity index (χ2n) is 9.83. The maximum Gasteiger partial charge on any atom is 0.538 e. The van der Waals surface area contributed by atoms with Crippen LogP contribution in [0.3, 0.4) is 0 Å². The third kappa shape index (κ3) is 2.91. The molecule has 0 N–H and O–H groups in total. The molecule has 3 aromatic rings. The van der Waals surface area contributed by atoms with Crippen molar-refractivity contribution in [3.8, 4) is 11.4 Å². The SMILES string of the molecule is CCCCCN1B2c3c(C(C)C)cccc3C(C)c3c[n+](C)c(n32)-c2c(C)cccc21. The van der Waals surface area contributed by atoms with E-state index in [2.05, 4.69) is 98.1 Å². The van der Waals surface area contributed by atoms with Gasteiger partial charge in [-0.3, -0.25) is 4.48 Å². The molecule has 2 aromatic carbocycles. The maximum absolute atomic E-state index is 2.71. The van der Waals surface area contributed by atoms with Crippen LogP contribution in [0.15, 0.2) is 42.6 Å². The Morgan fingerprint density at radius 3 is 2.61 bits per heavy atom. The van der Waals surface area contributed by atoms with Gasteiger partial charge in [0.1, 0.15) is 11.9 Å². The fourth-order valence-corrected chi connectivity index (χ4v) is 5.94. The van der Waals surface area contributed by atoms with Gasteiger partial charge in [-0.25, -0.2) is 4.57 Å². The average Bonchev–Trinajstić information content (AvgIpc) is 3.10. The number of fused-ring (bicyclic) bond motifs is 4. The average molecular weight is 412 g/mol. The summed E-state index contributed by atoms with van der Waals surface area (Å²) in [5.41, 5.74) is 10.1. The van der Waals surface area contributed by atoms with Gasteiger partial charge >= 0.3 is 6.98 Å². The lowest BCUT2D eigenvalue weighted by Crippen LogP contribution is -2.61. The van der Waals surface area contributed by atoms with Gasteiger partial charge in [0.15, 0.2) is 0 Å². The number of hydrogen-bond acceptors (Lipinski definition) is 1. The maximum atomic E-state index is 2.71. The van der Waals surface area contributed by atoms with Crippen molar-refractivity contribution < 1.29 is 4.57 Å². The summed E-state index contributed by atoms with van der Waals surface area (Å²) in [4.78, 5) is 2.71. The molecule has 0 fully saturated rings. The molecule has 0 bridgehead atoms. The highest BCUT2D eigenvalue weighted by molar-refractivity contribution is 6.77. The first-order valence-corrected chi connectivity index (χ1v) is 12.1. The lowest BCUT2D eigenvalue weighted by Gasteiger charge is -2.39. The summed E-state index contributed by atoms with van der Waals surface area (Å²) in [5, 5.41) is 0. The van der Waals surface area contributed by atoms with E-state index in [-0.39, 0.29) is 6.98 Å². The third-order valence-electron chi connectivity index (χ3n) is 7.46. The predicted octanol–water partition coefficient (Wildman–Crippen LogP) is 5.13. The lowest BCUT2D eigenvalue weighted by molar-refractivity contribution is -0.659. The summed E-state index contributed by atoms with van der Waals surface area (Å²) < 4.78 is 5.04. The summed E-state index contributed by atoms with van der Waals surface area (Å²) in [5.74, 6) is 2.26. The van der Waals surface area contributed by atoms with Gasteiger partial charge in [0.2, 0.25) is 0 Å². The van der Waals surface area contributed by atoms with E-state index in [1.54, 1.807) is 5.46 Å². The van der Waals surface area contributed by atoms with Crippen LogP contribution in [0.2, 0.25) is 0 Å². The number of rotatable bonds is 5. The topological polar surface area (TPSA) is 12.1 Å². The molecule has 31 heavy (non-hydrogen) atoms. The van der Waals surface area contributed by atoms with E-state index in [1.807, 2.05) is 0 Å². The molecule has 0 saturated heterocycles. The Morgan fingerprint density at radius 2 is 1.87 bits per heavy atom. The molecule has 2 aliphatic rings. The number of imidazole rings is 1. The Hall–Kier alpha value is -2.49. The second-order valence-corrected chi connectivity index (χ2v) is 9.83. The van der Waals surface area contributed by atoms with Crippen molar-refractivity contribution in [1.82, 2.24) is 4.48 Å². The van der Waals surface area contributed by atoms with Gasteiger partial charge in [0.05, 0.1) is 12.6 Å². The van der Waals surface area contributed by atoms with Crippen molar-refractivity contribution in [3.05, 3.63) is 65.0 Å². The molecule has 0 radical (unpaired) electrons. The fraction of sp³-hybridized carbons (Fsp3) is 0.444. The highest BCUT2D eigenvalue weighted by atomic mass is 15.3. The van der Waals surface area contributed by atoms with E-state index in [4.69, 9.17) is 0 Å². The van der Waals surface area contributed by atoms with Crippen LogP contribution in [0.5, 0.6) is 0 Å². The molecule has 1 atom stereocenters. The van der Waals surface area contributed by atoms with Crippen molar-refractivity contribution in [2.45, 2.75) is 65.7 Å². The number of anilines is 1. The molecule has 0 spiro atoms. The monoisotopic (exact) mass is 412 g/mol. The molecule has 1 aromatic heterocycles. The highest BCUT2D eigenvalue weighted by Crippen LogP contribution is 2.43. The van der Waals surface area contributed by atoms with Gasteiger partial charge in [-0.05, 0) is 42.0 Å². The highest BCUT2D eigenvalue weighted by Gasteiger charge is 2.52. The molecule has 3 heterocycles. The van der Waals surface area contributed by atoms with Gasteiger partial charge in [-0.15, -0.1) is 0 Å². The molecular formula is C27H35BN3+. The molecule has 1 unspecified atom stereocenters. The Kier molecular flexibility index (Phi) is 4.99. The van der Waals surface area contributed by atoms with Crippen molar-refractivity contribution in [3.63, 3.8) is 0 Å². The number of aryl methyl sites for hydroxylation is 2. The van der Waals surface area contributed by atoms with Crippen molar-refractivity contribution in [2.24, 2.45) is 7.05 Å². The molecule has 4 heteroatoms. The molecule has 5 rings (SSSR count). The van der Waals surface area contributed by atoms with Gasteiger partial charge in [-0.1, -0.05) is 70.9 Å². The van der Waals surface area contributed by atoms with E-state index in [9.17, 15) is 0 Å². The van der Waals surface area contributed by atoms with Crippen molar-refractivity contribution in [2.75, 3.05) is 11.4 Å². The Labute approximate surface area is 187 Å². The summed E-state index contributed by atoms with van der Waals surface area (Å²) in [6.45, 7) is 13.0. The minimum Gasteiger partial charge on any atom is -0.369 e. The van der Waals surface area contributed by atoms with Crippen LogP contribution in [0.25, 0.3) is 11.4 Å². The molecule has 0 amide bonds. The largest absolute Gasteiger partial charge is 0.538 e. The van der Waals surface area contributed by atoms with E-state index in [0.717, 1.165) is 6.54 Å². The third-order valence-corrected chi connectivity index (χ3v) is 7.46. The number of hydrogen-bond donors (Lipinski definition) is 0. The first-order valence-electron chi connectivity index (χ1n) is 12.1. The molecule has 2 aliphatic heterocycles. The van der Waals surface area contributed by atoms with E-state index in [1.165, 1.54) is 58.7 Å². The standard InChI is InChI=1S/C27H35BN3/c1-7-8-9-16-30-23-15-10-12-19(4)25(23)27-29(6)17-24-20(5)22-14-11-13-21(18(2)3)26(22)28(30)31(24)27/h10-15,17-18,20H,7-9,16H2,1-6H3/q+1. The summed E-state index contributed by atoms with van der Waals surface area (Å²) in [6.07, 6.45) is 6.13. The Morgan fingerprint density at radius 1 is 1.10 bits per heavy atom. The van der Waals surface area contributed by atoms with Crippen LogP contribution in [0, 0.1) is 6.92 Å². The van der Waals surface area contributed by atoms with Crippen LogP contribution in [-0.2, 0) is 7.05 Å². The first-order chi connectivity index (χ1) is 15.0. The fourth-order valence-electron chi connectivity index (χ4n) is 5.94. The van der Waals surface area contributed by atoms with E-state index >= 15 is 0 Å². The molecule has 0 saturated carbocycles. The van der Waals surface area contributed by atoms with Crippen molar-refractivity contribution >= 4 is 18.1 Å². The summed E-state index contributed by atoms with van der Waals surface area (Å²) in [6, 6.07) is 13.9. The molecule has 0 aliphatic carbocycles. The zero-order chi connectivity index (χ0) is 21.9. The number of unbranched alkanes of at least 4 members (excludes halogenated alkanes) is 2. The Bertz CT molecular complexity index is 1140. The first kappa shape index (κ1) is 20.4. The molecule has 3 nitrogen and oxygen atoms in total. The quantitative estimate of drug-likeness (QED) is 0.321. The van der Waals surface area contributed by atoms with Gasteiger partial charge in [-0.2, -0.15) is 0 Å². The van der Waals surface area contributed by atoms with Gasteiger partial charge in [0, 0.05) is 23.6 Å². The minimum atomic E-state index is 0.238. The smallest absolute Gasteiger partial charge is 0.369 e. The zero-order valence-corrected chi connectivity index (χ0v) is 19.9. The second kappa shape index (κ2) is 7.58. The number of nitrogens with zero attached hydrogens (tertiary/aromatic N) is 3. The zero-order valence-electron chi connectivity index (χ0n) is 19.9. The van der Waals surface area contributed by atoms with Crippen LogP contribution in [0.1, 0.15) is 81.2 Å². The summed E-state index contributed by atoms with van der Waals surface area (Å²) in [7, 11) is 2.22. The molecule has 160 valence electrons. The van der Waals surface area contributed by atoms with Crippen LogP contribution in [-0.4, -0.2) is 18.0 Å². The van der Waals surface area contributed by atoms with Gasteiger partial charge < -0.3 is 4.81 Å². The summed E-state index contributed by atoms with van der Waals surface area (Å²) >= 11 is 0. The number of aromatic nitrogens is 2.